The molecule has 76 valence electrons. The molecule has 2 N–H and O–H groups in total. The van der Waals surface area contributed by atoms with Crippen LogP contribution in [0.25, 0.3) is 0 Å². The Morgan fingerprint density at radius 2 is 2.29 bits per heavy atom. The molecule has 1 heterocycles. The number of rotatable bonds is 2. The maximum atomic E-state index is 5.84. The number of fused-ring (bicyclic) bond motifs is 1. The molecule has 4 heteroatoms. The molecule has 0 saturated heterocycles. The summed E-state index contributed by atoms with van der Waals surface area (Å²) in [6, 6.07) is 5.36. The third-order valence-corrected chi connectivity index (χ3v) is 2.35. The van der Waals surface area contributed by atoms with Gasteiger partial charge in [0.25, 0.3) is 0 Å². The second-order valence-corrected chi connectivity index (χ2v) is 3.66. The van der Waals surface area contributed by atoms with E-state index in [1.54, 1.807) is 12.1 Å². The molecule has 0 saturated carbocycles. The molecule has 1 aromatic rings. The van der Waals surface area contributed by atoms with E-state index in [4.69, 9.17) is 26.8 Å². The molecule has 0 radical (unpaired) electrons. The first-order valence-corrected chi connectivity index (χ1v) is 4.96. The van der Waals surface area contributed by atoms with Crippen molar-refractivity contribution in [2.75, 3.05) is 13.2 Å². The lowest BCUT2D eigenvalue weighted by atomic mass is 10.2. The van der Waals surface area contributed by atoms with Gasteiger partial charge in [0.15, 0.2) is 11.5 Å². The Kier molecular flexibility index (Phi) is 2.79. The van der Waals surface area contributed by atoms with Crippen LogP contribution in [0.4, 0.5) is 0 Å². The first-order valence-electron chi connectivity index (χ1n) is 4.58. The van der Waals surface area contributed by atoms with E-state index in [2.05, 4.69) is 0 Å². The quantitative estimate of drug-likeness (QED) is 0.815. The monoisotopic (exact) mass is 213 g/mol. The van der Waals surface area contributed by atoms with Crippen LogP contribution in [0.1, 0.15) is 6.42 Å². The molecule has 0 fully saturated rings. The maximum absolute atomic E-state index is 5.84. The molecule has 1 atom stereocenters. The topological polar surface area (TPSA) is 44.5 Å². The maximum Gasteiger partial charge on any atom is 0.163 e. The fourth-order valence-corrected chi connectivity index (χ4v) is 1.58. The highest BCUT2D eigenvalue weighted by Gasteiger charge is 2.20. The van der Waals surface area contributed by atoms with E-state index in [1.165, 1.54) is 0 Å². The average Bonchev–Trinajstić information content (AvgIpc) is 2.17. The summed E-state index contributed by atoms with van der Waals surface area (Å²) < 4.78 is 11.2. The van der Waals surface area contributed by atoms with Crippen molar-refractivity contribution in [3.8, 4) is 11.5 Å². The van der Waals surface area contributed by atoms with Crippen molar-refractivity contribution in [2.45, 2.75) is 12.5 Å². The van der Waals surface area contributed by atoms with Crippen molar-refractivity contribution in [1.82, 2.24) is 0 Å². The first kappa shape index (κ1) is 9.62. The van der Waals surface area contributed by atoms with Gasteiger partial charge >= 0.3 is 0 Å². The van der Waals surface area contributed by atoms with E-state index in [1.807, 2.05) is 6.07 Å². The minimum Gasteiger partial charge on any atom is -0.486 e. The normalized spacial score (nSPS) is 19.4. The van der Waals surface area contributed by atoms with Gasteiger partial charge in [-0.25, -0.2) is 0 Å². The van der Waals surface area contributed by atoms with Gasteiger partial charge in [-0.1, -0.05) is 11.6 Å². The molecule has 1 aliphatic heterocycles. The Morgan fingerprint density at radius 1 is 1.43 bits per heavy atom. The van der Waals surface area contributed by atoms with Crippen LogP contribution < -0.4 is 15.2 Å². The standard InChI is InChI=1S/C10H12ClNO2/c11-7-1-2-9-10(5-7)14-8(3-4-12)6-13-9/h1-2,5,8H,3-4,6,12H2. The van der Waals surface area contributed by atoms with Crippen molar-refractivity contribution in [1.29, 1.82) is 0 Å². The van der Waals surface area contributed by atoms with E-state index >= 15 is 0 Å². The van der Waals surface area contributed by atoms with Crippen molar-refractivity contribution in [2.24, 2.45) is 5.73 Å². The molecule has 0 bridgehead atoms. The SMILES string of the molecule is NCCC1COc2ccc(Cl)cc2O1. The summed E-state index contributed by atoms with van der Waals surface area (Å²) in [5, 5.41) is 0.653. The smallest absolute Gasteiger partial charge is 0.163 e. The van der Waals surface area contributed by atoms with Gasteiger partial charge in [-0.05, 0) is 25.1 Å². The highest BCUT2D eigenvalue weighted by Crippen LogP contribution is 2.34. The average molecular weight is 214 g/mol. The second-order valence-electron chi connectivity index (χ2n) is 3.22. The fourth-order valence-electron chi connectivity index (χ4n) is 1.42. The van der Waals surface area contributed by atoms with Crippen molar-refractivity contribution >= 4 is 11.6 Å². The largest absolute Gasteiger partial charge is 0.486 e. The number of hydrogen-bond donors (Lipinski definition) is 1. The number of hydrogen-bond acceptors (Lipinski definition) is 3. The highest BCUT2D eigenvalue weighted by atomic mass is 35.5. The lowest BCUT2D eigenvalue weighted by molar-refractivity contribution is 0.0866. The third-order valence-electron chi connectivity index (χ3n) is 2.11. The van der Waals surface area contributed by atoms with E-state index < -0.39 is 0 Å². The third kappa shape index (κ3) is 1.94. The zero-order valence-electron chi connectivity index (χ0n) is 7.70. The Hall–Kier alpha value is -0.930. The lowest BCUT2D eigenvalue weighted by Gasteiger charge is -2.26. The molecule has 2 rings (SSSR count). The number of ether oxygens (including phenoxy) is 2. The number of halogens is 1. The van der Waals surface area contributed by atoms with Crippen LogP contribution >= 0.6 is 11.6 Å². The van der Waals surface area contributed by atoms with Crippen LogP contribution in [0.5, 0.6) is 11.5 Å². The second kappa shape index (κ2) is 4.07. The predicted octanol–water partition coefficient (Wildman–Crippen LogP) is 1.83. The summed E-state index contributed by atoms with van der Waals surface area (Å²) >= 11 is 5.84. The van der Waals surface area contributed by atoms with Gasteiger partial charge in [0.2, 0.25) is 0 Å². The minimum atomic E-state index is 0.0472. The molecule has 0 spiro atoms. The summed E-state index contributed by atoms with van der Waals surface area (Å²) in [7, 11) is 0. The molecule has 3 nitrogen and oxygen atoms in total. The van der Waals surface area contributed by atoms with Crippen LogP contribution in [0.15, 0.2) is 18.2 Å². The van der Waals surface area contributed by atoms with Crippen molar-refractivity contribution in [3.05, 3.63) is 23.2 Å². The summed E-state index contributed by atoms with van der Waals surface area (Å²) in [4.78, 5) is 0. The van der Waals surface area contributed by atoms with Crippen LogP contribution in [-0.2, 0) is 0 Å². The Labute approximate surface area is 87.8 Å². The molecular weight excluding hydrogens is 202 g/mol. The zero-order valence-corrected chi connectivity index (χ0v) is 8.46. The van der Waals surface area contributed by atoms with Gasteiger partial charge in [0.1, 0.15) is 12.7 Å². The van der Waals surface area contributed by atoms with Gasteiger partial charge in [0, 0.05) is 11.1 Å². The molecule has 0 aliphatic carbocycles. The Morgan fingerprint density at radius 3 is 3.07 bits per heavy atom. The number of benzene rings is 1. The van der Waals surface area contributed by atoms with E-state index in [0.29, 0.717) is 23.9 Å². The molecule has 1 aliphatic rings. The van der Waals surface area contributed by atoms with Gasteiger partial charge in [-0.3, -0.25) is 0 Å². The minimum absolute atomic E-state index is 0.0472. The van der Waals surface area contributed by atoms with E-state index in [0.717, 1.165) is 12.2 Å². The van der Waals surface area contributed by atoms with Crippen molar-refractivity contribution in [3.63, 3.8) is 0 Å². The molecule has 14 heavy (non-hydrogen) atoms. The zero-order chi connectivity index (χ0) is 9.97. The summed E-state index contributed by atoms with van der Waals surface area (Å²) in [5.74, 6) is 1.46. The van der Waals surface area contributed by atoms with E-state index in [-0.39, 0.29) is 6.10 Å². The Balaban J connectivity index is 2.16. The van der Waals surface area contributed by atoms with Gasteiger partial charge in [-0.15, -0.1) is 0 Å². The molecular formula is C10H12ClNO2. The van der Waals surface area contributed by atoms with Crippen LogP contribution in [-0.4, -0.2) is 19.3 Å². The van der Waals surface area contributed by atoms with E-state index in [9.17, 15) is 0 Å². The van der Waals surface area contributed by atoms with Crippen LogP contribution in [0, 0.1) is 0 Å². The highest BCUT2D eigenvalue weighted by molar-refractivity contribution is 6.30. The summed E-state index contributed by atoms with van der Waals surface area (Å²) in [6.45, 7) is 1.16. The van der Waals surface area contributed by atoms with Gasteiger partial charge < -0.3 is 15.2 Å². The number of nitrogens with two attached hydrogens (primary N) is 1. The van der Waals surface area contributed by atoms with Crippen LogP contribution in [0.3, 0.4) is 0 Å². The lowest BCUT2D eigenvalue weighted by Crippen LogP contribution is -2.31. The van der Waals surface area contributed by atoms with Crippen molar-refractivity contribution < 1.29 is 9.47 Å². The predicted molar refractivity (Wildman–Crippen MR) is 55.0 cm³/mol. The fraction of sp³-hybridized carbons (Fsp3) is 0.400. The molecule has 0 amide bonds. The summed E-state index contributed by atoms with van der Waals surface area (Å²) in [5.41, 5.74) is 5.45. The Bertz CT molecular complexity index is 330. The first-order chi connectivity index (χ1) is 6.79. The molecule has 1 unspecified atom stereocenters. The van der Waals surface area contributed by atoms with Gasteiger partial charge in [0.05, 0.1) is 0 Å². The molecule has 1 aromatic carbocycles. The van der Waals surface area contributed by atoms with Crippen LogP contribution in [0.2, 0.25) is 5.02 Å². The van der Waals surface area contributed by atoms with Gasteiger partial charge in [-0.2, -0.15) is 0 Å². The molecule has 0 aromatic heterocycles. The summed E-state index contributed by atoms with van der Waals surface area (Å²) in [6.07, 6.45) is 0.845.